The van der Waals surface area contributed by atoms with Crippen LogP contribution in [0.1, 0.15) is 21.7 Å². The number of amides is 1. The summed E-state index contributed by atoms with van der Waals surface area (Å²) in [5.74, 6) is -0.570. The van der Waals surface area contributed by atoms with Crippen molar-refractivity contribution in [3.05, 3.63) is 77.6 Å². The predicted molar refractivity (Wildman–Crippen MR) is 83.7 cm³/mol. The Balaban J connectivity index is 1.75. The lowest BCUT2D eigenvalue weighted by molar-refractivity contribution is 0.0945. The lowest BCUT2D eigenvalue weighted by Gasteiger charge is -2.04. The molecule has 0 bridgehead atoms. The second-order valence-corrected chi connectivity index (χ2v) is 5.10. The smallest absolute Gasteiger partial charge is 0.272 e. The van der Waals surface area contributed by atoms with Gasteiger partial charge in [-0.25, -0.2) is 9.07 Å². The normalized spacial score (nSPS) is 10.5. The molecule has 2 aromatic heterocycles. The van der Waals surface area contributed by atoms with Crippen molar-refractivity contribution >= 4 is 5.91 Å². The lowest BCUT2D eigenvalue weighted by atomic mass is 10.2. The molecule has 1 aromatic carbocycles. The fraction of sp³-hybridized carbons (Fsp3) is 0.118. The van der Waals surface area contributed by atoms with E-state index in [1.165, 1.54) is 12.1 Å². The quantitative estimate of drug-likeness (QED) is 0.806. The molecule has 0 aliphatic rings. The van der Waals surface area contributed by atoms with Crippen LogP contribution in [0.5, 0.6) is 0 Å². The molecule has 0 fully saturated rings. The summed E-state index contributed by atoms with van der Waals surface area (Å²) in [6, 6.07) is 11.3. The molecule has 3 aromatic rings. The molecule has 1 N–H and O–H groups in total. The Morgan fingerprint density at radius 1 is 1.17 bits per heavy atom. The number of aromatic nitrogens is 3. The van der Waals surface area contributed by atoms with Crippen molar-refractivity contribution < 1.29 is 9.18 Å². The number of halogens is 1. The van der Waals surface area contributed by atoms with Gasteiger partial charge in [-0.15, -0.1) is 0 Å². The van der Waals surface area contributed by atoms with Crippen molar-refractivity contribution in [2.24, 2.45) is 0 Å². The molecule has 0 saturated carbocycles. The highest BCUT2D eigenvalue weighted by atomic mass is 19.1. The van der Waals surface area contributed by atoms with Gasteiger partial charge < -0.3 is 5.32 Å². The number of rotatable bonds is 4. The molecule has 0 radical (unpaired) electrons. The minimum atomic E-state index is -0.311. The summed E-state index contributed by atoms with van der Waals surface area (Å²) in [7, 11) is 0. The van der Waals surface area contributed by atoms with Crippen molar-refractivity contribution in [3.8, 4) is 5.69 Å². The first kappa shape index (κ1) is 14.9. The Hall–Kier alpha value is -3.02. The fourth-order valence-corrected chi connectivity index (χ4v) is 2.20. The molecule has 0 atom stereocenters. The number of carbonyl (C=O) groups is 1. The zero-order valence-electron chi connectivity index (χ0n) is 12.5. The van der Waals surface area contributed by atoms with E-state index < -0.39 is 0 Å². The van der Waals surface area contributed by atoms with Gasteiger partial charge in [0, 0.05) is 24.6 Å². The number of pyridine rings is 1. The Morgan fingerprint density at radius 3 is 2.57 bits per heavy atom. The largest absolute Gasteiger partial charge is 0.347 e. The molecule has 116 valence electrons. The van der Waals surface area contributed by atoms with E-state index in [2.05, 4.69) is 15.4 Å². The fourth-order valence-electron chi connectivity index (χ4n) is 2.20. The highest BCUT2D eigenvalue weighted by Gasteiger charge is 2.13. The van der Waals surface area contributed by atoms with Gasteiger partial charge in [-0.1, -0.05) is 0 Å². The molecule has 1 amide bonds. The molecule has 5 nitrogen and oxygen atoms in total. The van der Waals surface area contributed by atoms with Crippen LogP contribution in [0.2, 0.25) is 0 Å². The van der Waals surface area contributed by atoms with Gasteiger partial charge in [0.1, 0.15) is 5.82 Å². The molecule has 3 rings (SSSR count). The molecule has 0 spiro atoms. The second-order valence-electron chi connectivity index (χ2n) is 5.10. The van der Waals surface area contributed by atoms with E-state index in [-0.39, 0.29) is 11.7 Å². The highest BCUT2D eigenvalue weighted by molar-refractivity contribution is 5.92. The molecule has 2 heterocycles. The summed E-state index contributed by atoms with van der Waals surface area (Å²) in [5.41, 5.74) is 2.78. The van der Waals surface area contributed by atoms with Gasteiger partial charge in [0.05, 0.1) is 5.69 Å². The maximum Gasteiger partial charge on any atom is 0.272 e. The van der Waals surface area contributed by atoms with Crippen LogP contribution >= 0.6 is 0 Å². The molecule has 23 heavy (non-hydrogen) atoms. The standard InChI is InChI=1S/C17H15FN4O/c1-12-10-16(17(23)20-11-13-6-8-19-9-7-13)21-22(12)15-4-2-14(18)3-5-15/h2-10H,11H2,1H3,(H,20,23). The summed E-state index contributed by atoms with van der Waals surface area (Å²) in [5, 5.41) is 7.11. The Morgan fingerprint density at radius 2 is 1.87 bits per heavy atom. The molecule has 0 saturated heterocycles. The van der Waals surface area contributed by atoms with Crippen LogP contribution in [0.25, 0.3) is 5.69 Å². The van der Waals surface area contributed by atoms with E-state index in [9.17, 15) is 9.18 Å². The monoisotopic (exact) mass is 310 g/mol. The van der Waals surface area contributed by atoms with Gasteiger partial charge in [0.15, 0.2) is 5.69 Å². The molecule has 0 aliphatic heterocycles. The third-order valence-corrected chi connectivity index (χ3v) is 3.39. The topological polar surface area (TPSA) is 59.8 Å². The maximum atomic E-state index is 13.0. The van der Waals surface area contributed by atoms with Gasteiger partial charge in [0.2, 0.25) is 0 Å². The number of hydrogen-bond donors (Lipinski definition) is 1. The minimum absolute atomic E-state index is 0.259. The van der Waals surface area contributed by atoms with E-state index in [1.54, 1.807) is 35.3 Å². The maximum absolute atomic E-state index is 13.0. The van der Waals surface area contributed by atoms with Crippen molar-refractivity contribution in [1.29, 1.82) is 0 Å². The Kier molecular flexibility index (Phi) is 4.14. The first-order valence-corrected chi connectivity index (χ1v) is 7.13. The van der Waals surface area contributed by atoms with Crippen LogP contribution in [-0.4, -0.2) is 20.7 Å². The lowest BCUT2D eigenvalue weighted by Crippen LogP contribution is -2.23. The predicted octanol–water partition coefficient (Wildman–Crippen LogP) is 2.64. The highest BCUT2D eigenvalue weighted by Crippen LogP contribution is 2.13. The number of nitrogens with zero attached hydrogens (tertiary/aromatic N) is 3. The van der Waals surface area contributed by atoms with Crippen molar-refractivity contribution in [3.63, 3.8) is 0 Å². The number of benzene rings is 1. The molecule has 0 unspecified atom stereocenters. The second kappa shape index (κ2) is 6.39. The Bertz CT molecular complexity index is 812. The van der Waals surface area contributed by atoms with Crippen molar-refractivity contribution in [2.45, 2.75) is 13.5 Å². The third-order valence-electron chi connectivity index (χ3n) is 3.39. The van der Waals surface area contributed by atoms with Crippen LogP contribution < -0.4 is 5.32 Å². The van der Waals surface area contributed by atoms with E-state index in [4.69, 9.17) is 0 Å². The zero-order chi connectivity index (χ0) is 16.2. The summed E-state index contributed by atoms with van der Waals surface area (Å²) < 4.78 is 14.6. The Labute approximate surface area is 132 Å². The molecular formula is C17H15FN4O. The average Bonchev–Trinajstić information content (AvgIpc) is 2.96. The molecular weight excluding hydrogens is 295 g/mol. The van der Waals surface area contributed by atoms with Gasteiger partial charge in [0.25, 0.3) is 5.91 Å². The van der Waals surface area contributed by atoms with Crippen LogP contribution in [-0.2, 0) is 6.54 Å². The first-order valence-electron chi connectivity index (χ1n) is 7.13. The summed E-state index contributed by atoms with van der Waals surface area (Å²) in [6.45, 7) is 2.25. The molecule has 6 heteroatoms. The number of carbonyl (C=O) groups excluding carboxylic acids is 1. The van der Waals surface area contributed by atoms with Gasteiger partial charge in [-0.2, -0.15) is 5.10 Å². The van der Waals surface area contributed by atoms with Gasteiger partial charge in [-0.3, -0.25) is 9.78 Å². The van der Waals surface area contributed by atoms with Gasteiger partial charge in [-0.05, 0) is 55.0 Å². The SMILES string of the molecule is Cc1cc(C(=O)NCc2ccncc2)nn1-c1ccc(F)cc1. The number of nitrogens with one attached hydrogen (secondary N) is 1. The minimum Gasteiger partial charge on any atom is -0.347 e. The summed E-state index contributed by atoms with van der Waals surface area (Å²) in [6.07, 6.45) is 3.35. The number of hydrogen-bond acceptors (Lipinski definition) is 3. The summed E-state index contributed by atoms with van der Waals surface area (Å²) >= 11 is 0. The van der Waals surface area contributed by atoms with Crippen molar-refractivity contribution in [2.75, 3.05) is 0 Å². The van der Waals surface area contributed by atoms with E-state index in [1.807, 2.05) is 19.1 Å². The van der Waals surface area contributed by atoms with Crippen LogP contribution in [0, 0.1) is 12.7 Å². The van der Waals surface area contributed by atoms with Crippen LogP contribution in [0.3, 0.4) is 0 Å². The van der Waals surface area contributed by atoms with Crippen LogP contribution in [0.4, 0.5) is 4.39 Å². The third kappa shape index (κ3) is 3.42. The van der Waals surface area contributed by atoms with E-state index in [0.29, 0.717) is 17.9 Å². The van der Waals surface area contributed by atoms with Crippen LogP contribution in [0.15, 0.2) is 54.9 Å². The molecule has 0 aliphatic carbocycles. The van der Waals surface area contributed by atoms with E-state index in [0.717, 1.165) is 11.3 Å². The zero-order valence-corrected chi connectivity index (χ0v) is 12.5. The summed E-state index contributed by atoms with van der Waals surface area (Å²) in [4.78, 5) is 16.1. The van der Waals surface area contributed by atoms with E-state index >= 15 is 0 Å². The average molecular weight is 310 g/mol. The number of aryl methyl sites for hydroxylation is 1. The van der Waals surface area contributed by atoms with Crippen molar-refractivity contribution in [1.82, 2.24) is 20.1 Å². The first-order chi connectivity index (χ1) is 11.1. The van der Waals surface area contributed by atoms with Gasteiger partial charge >= 0.3 is 0 Å².